The number of amides is 3. The largest absolute Gasteiger partial charge is 0.332 e. The lowest BCUT2D eigenvalue weighted by atomic mass is 10.2. The lowest BCUT2D eigenvalue weighted by Crippen LogP contribution is -2.35. The molecule has 0 aliphatic heterocycles. The van der Waals surface area contributed by atoms with Gasteiger partial charge in [0.2, 0.25) is 11.8 Å². The number of anilines is 2. The van der Waals surface area contributed by atoms with Crippen LogP contribution in [0.5, 0.6) is 0 Å². The van der Waals surface area contributed by atoms with E-state index in [1.807, 2.05) is 30.5 Å². The maximum absolute atomic E-state index is 12.4. The molecule has 26 heavy (non-hydrogen) atoms. The Labute approximate surface area is 157 Å². The Hall–Kier alpha value is -2.80. The number of hydrogen-bond acceptors (Lipinski definition) is 4. The van der Waals surface area contributed by atoms with Crippen molar-refractivity contribution in [1.29, 1.82) is 0 Å². The van der Waals surface area contributed by atoms with Crippen molar-refractivity contribution in [3.8, 4) is 0 Å². The number of carbonyl (C=O) groups is 3. The van der Waals surface area contributed by atoms with E-state index in [-0.39, 0.29) is 24.3 Å². The Bertz CT molecular complexity index is 806. The van der Waals surface area contributed by atoms with Crippen LogP contribution in [0.4, 0.5) is 11.4 Å². The molecule has 3 amide bonds. The summed E-state index contributed by atoms with van der Waals surface area (Å²) in [4.78, 5) is 38.0. The normalized spacial score (nSPS) is 10.1. The first-order chi connectivity index (χ1) is 12.4. The second-order valence-electron chi connectivity index (χ2n) is 5.67. The van der Waals surface area contributed by atoms with E-state index in [2.05, 4.69) is 10.6 Å². The van der Waals surface area contributed by atoms with Crippen molar-refractivity contribution in [3.05, 3.63) is 54.1 Å². The summed E-state index contributed by atoms with van der Waals surface area (Å²) in [5.74, 6) is -0.715. The number of para-hydroxylation sites is 1. The SMILES string of the molecule is CSc1ccccc1NC(=O)CN(C)C(=O)c1ccc(NC(C)=O)cc1. The van der Waals surface area contributed by atoms with Crippen molar-refractivity contribution in [2.24, 2.45) is 0 Å². The van der Waals surface area contributed by atoms with Gasteiger partial charge in [0, 0.05) is 30.1 Å². The quantitative estimate of drug-likeness (QED) is 0.765. The van der Waals surface area contributed by atoms with Crippen molar-refractivity contribution in [3.63, 3.8) is 0 Å². The molecule has 0 aromatic heterocycles. The van der Waals surface area contributed by atoms with E-state index in [4.69, 9.17) is 0 Å². The highest BCUT2D eigenvalue weighted by Crippen LogP contribution is 2.24. The van der Waals surface area contributed by atoms with E-state index in [9.17, 15) is 14.4 Å². The van der Waals surface area contributed by atoms with Gasteiger partial charge in [-0.1, -0.05) is 12.1 Å². The minimum absolute atomic E-state index is 0.0605. The fourth-order valence-corrected chi connectivity index (χ4v) is 2.90. The van der Waals surface area contributed by atoms with Crippen LogP contribution in [0.3, 0.4) is 0 Å². The smallest absolute Gasteiger partial charge is 0.254 e. The highest BCUT2D eigenvalue weighted by atomic mass is 32.2. The van der Waals surface area contributed by atoms with Crippen LogP contribution < -0.4 is 10.6 Å². The molecular weight excluding hydrogens is 350 g/mol. The van der Waals surface area contributed by atoms with Gasteiger partial charge in [-0.15, -0.1) is 11.8 Å². The zero-order valence-corrected chi connectivity index (χ0v) is 15.7. The van der Waals surface area contributed by atoms with Gasteiger partial charge in [0.25, 0.3) is 5.91 Å². The van der Waals surface area contributed by atoms with Crippen molar-refractivity contribution < 1.29 is 14.4 Å². The number of hydrogen-bond donors (Lipinski definition) is 2. The number of nitrogens with zero attached hydrogens (tertiary/aromatic N) is 1. The topological polar surface area (TPSA) is 78.5 Å². The summed E-state index contributed by atoms with van der Waals surface area (Å²) in [5.41, 5.74) is 1.78. The molecule has 0 spiro atoms. The zero-order valence-electron chi connectivity index (χ0n) is 14.9. The summed E-state index contributed by atoms with van der Waals surface area (Å²) in [7, 11) is 1.57. The highest BCUT2D eigenvalue weighted by molar-refractivity contribution is 7.98. The van der Waals surface area contributed by atoms with Crippen molar-refractivity contribution >= 4 is 40.9 Å². The predicted molar refractivity (Wildman–Crippen MR) is 105 cm³/mol. The lowest BCUT2D eigenvalue weighted by molar-refractivity contribution is -0.116. The van der Waals surface area contributed by atoms with Gasteiger partial charge in [0.1, 0.15) is 0 Å². The van der Waals surface area contributed by atoms with Crippen LogP contribution in [0.1, 0.15) is 17.3 Å². The van der Waals surface area contributed by atoms with Crippen molar-refractivity contribution in [2.45, 2.75) is 11.8 Å². The molecular formula is C19H21N3O3S. The Morgan fingerprint density at radius 3 is 2.27 bits per heavy atom. The fourth-order valence-electron chi connectivity index (χ4n) is 2.34. The third kappa shape index (κ3) is 5.35. The van der Waals surface area contributed by atoms with Crippen molar-refractivity contribution in [1.82, 2.24) is 4.90 Å². The number of thioether (sulfide) groups is 1. The van der Waals surface area contributed by atoms with Gasteiger partial charge >= 0.3 is 0 Å². The van der Waals surface area contributed by atoms with Gasteiger partial charge in [0.15, 0.2) is 0 Å². The van der Waals surface area contributed by atoms with Crippen LogP contribution in [0.25, 0.3) is 0 Å². The average Bonchev–Trinajstić information content (AvgIpc) is 2.61. The molecule has 0 atom stereocenters. The fraction of sp³-hybridized carbons (Fsp3) is 0.211. The third-order valence-corrected chi connectivity index (χ3v) is 4.36. The molecule has 2 aromatic rings. The molecule has 0 fully saturated rings. The lowest BCUT2D eigenvalue weighted by Gasteiger charge is -2.18. The molecule has 0 aliphatic carbocycles. The highest BCUT2D eigenvalue weighted by Gasteiger charge is 2.16. The molecule has 0 radical (unpaired) electrons. The minimum Gasteiger partial charge on any atom is -0.332 e. The molecule has 2 N–H and O–H groups in total. The Morgan fingerprint density at radius 1 is 1.00 bits per heavy atom. The van der Waals surface area contributed by atoms with Gasteiger partial charge in [-0.05, 0) is 42.7 Å². The van der Waals surface area contributed by atoms with E-state index in [0.29, 0.717) is 11.3 Å². The van der Waals surface area contributed by atoms with Gasteiger partial charge in [-0.25, -0.2) is 0 Å². The summed E-state index contributed by atoms with van der Waals surface area (Å²) in [6, 6.07) is 14.0. The van der Waals surface area contributed by atoms with E-state index < -0.39 is 0 Å². The van der Waals surface area contributed by atoms with Gasteiger partial charge in [-0.3, -0.25) is 14.4 Å². The van der Waals surface area contributed by atoms with Gasteiger partial charge in [-0.2, -0.15) is 0 Å². The molecule has 0 unspecified atom stereocenters. The second kappa shape index (κ2) is 9.05. The molecule has 2 rings (SSSR count). The van der Waals surface area contributed by atoms with E-state index in [1.54, 1.807) is 31.3 Å². The molecule has 0 heterocycles. The summed E-state index contributed by atoms with van der Waals surface area (Å²) >= 11 is 1.54. The molecule has 0 saturated carbocycles. The summed E-state index contributed by atoms with van der Waals surface area (Å²) in [5, 5.41) is 5.47. The van der Waals surface area contributed by atoms with Crippen LogP contribution in [0, 0.1) is 0 Å². The first-order valence-electron chi connectivity index (χ1n) is 7.96. The zero-order chi connectivity index (χ0) is 19.1. The first-order valence-corrected chi connectivity index (χ1v) is 9.19. The molecule has 6 nitrogen and oxygen atoms in total. The first kappa shape index (κ1) is 19.5. The number of benzene rings is 2. The second-order valence-corrected chi connectivity index (χ2v) is 6.52. The van der Waals surface area contributed by atoms with Crippen LogP contribution in [0.15, 0.2) is 53.4 Å². The molecule has 0 bridgehead atoms. The Kier molecular flexibility index (Phi) is 6.80. The average molecular weight is 371 g/mol. The van der Waals surface area contributed by atoms with E-state index in [1.165, 1.54) is 23.6 Å². The molecule has 7 heteroatoms. The minimum atomic E-state index is -0.271. The Morgan fingerprint density at radius 2 is 1.65 bits per heavy atom. The third-order valence-electron chi connectivity index (χ3n) is 3.56. The molecule has 136 valence electrons. The maximum Gasteiger partial charge on any atom is 0.254 e. The number of rotatable bonds is 6. The van der Waals surface area contributed by atoms with Crippen LogP contribution >= 0.6 is 11.8 Å². The molecule has 0 saturated heterocycles. The number of likely N-dealkylation sites (N-methyl/N-ethyl adjacent to an activating group) is 1. The van der Waals surface area contributed by atoms with E-state index >= 15 is 0 Å². The summed E-state index contributed by atoms with van der Waals surface area (Å²) in [6.07, 6.45) is 1.94. The molecule has 2 aromatic carbocycles. The van der Waals surface area contributed by atoms with Gasteiger partial charge < -0.3 is 15.5 Å². The van der Waals surface area contributed by atoms with Crippen LogP contribution in [0.2, 0.25) is 0 Å². The monoisotopic (exact) mass is 371 g/mol. The van der Waals surface area contributed by atoms with Gasteiger partial charge in [0.05, 0.1) is 12.2 Å². The predicted octanol–water partition coefficient (Wildman–Crippen LogP) is 3.08. The van der Waals surface area contributed by atoms with Crippen molar-refractivity contribution in [2.75, 3.05) is 30.5 Å². The Balaban J connectivity index is 1.97. The van der Waals surface area contributed by atoms with E-state index in [0.717, 1.165) is 10.6 Å². The van der Waals surface area contributed by atoms with Crippen LogP contribution in [-0.4, -0.2) is 42.5 Å². The molecule has 0 aliphatic rings. The maximum atomic E-state index is 12.4. The summed E-state index contributed by atoms with van der Waals surface area (Å²) in [6.45, 7) is 1.36. The number of nitrogens with one attached hydrogen (secondary N) is 2. The van der Waals surface area contributed by atoms with Crippen LogP contribution in [-0.2, 0) is 9.59 Å². The number of carbonyl (C=O) groups excluding carboxylic acids is 3. The summed E-state index contributed by atoms with van der Waals surface area (Å²) < 4.78 is 0. The standard InChI is InChI=1S/C19H21N3O3S/c1-13(23)20-15-10-8-14(9-11-15)19(25)22(2)12-18(24)21-16-6-4-5-7-17(16)26-3/h4-11H,12H2,1-3H3,(H,20,23)(H,21,24).